The molecule has 1 fully saturated rings. The second-order valence-corrected chi connectivity index (χ2v) is 9.19. The molecule has 1 aliphatic heterocycles. The fourth-order valence-corrected chi connectivity index (χ4v) is 5.38. The zero-order valence-corrected chi connectivity index (χ0v) is 18.7. The number of hydrogen-bond acceptors (Lipinski definition) is 4. The molecule has 2 aromatic heterocycles. The zero-order valence-electron chi connectivity index (χ0n) is 16.3. The number of rotatable bonds is 5. The first kappa shape index (κ1) is 19.7. The highest BCUT2D eigenvalue weighted by molar-refractivity contribution is 7.71. The van der Waals surface area contributed by atoms with Crippen molar-refractivity contribution in [3.8, 4) is 17.1 Å². The molecule has 152 valence electrons. The Morgan fingerprint density at radius 1 is 1.03 bits per heavy atom. The third-order valence-corrected chi connectivity index (χ3v) is 7.13. The van der Waals surface area contributed by atoms with E-state index in [2.05, 4.69) is 34.5 Å². The van der Waals surface area contributed by atoms with E-state index in [0.29, 0.717) is 22.5 Å². The summed E-state index contributed by atoms with van der Waals surface area (Å²) in [5.74, 6) is 0.842. The lowest BCUT2D eigenvalue weighted by Gasteiger charge is -2.23. The summed E-state index contributed by atoms with van der Waals surface area (Å²) in [5.41, 5.74) is 2.00. The van der Waals surface area contributed by atoms with Crippen LogP contribution in [0.5, 0.6) is 0 Å². The number of halogens is 1. The van der Waals surface area contributed by atoms with Crippen LogP contribution in [0.25, 0.3) is 17.1 Å². The van der Waals surface area contributed by atoms with Gasteiger partial charge in [-0.15, -0.1) is 16.4 Å². The predicted octanol–water partition coefficient (Wildman–Crippen LogP) is 6.58. The van der Waals surface area contributed by atoms with E-state index >= 15 is 0 Å². The van der Waals surface area contributed by atoms with Crippen LogP contribution in [-0.2, 0) is 6.67 Å². The van der Waals surface area contributed by atoms with Crippen LogP contribution in [0.4, 0.5) is 0 Å². The van der Waals surface area contributed by atoms with Gasteiger partial charge in [0.25, 0.3) is 0 Å². The first-order valence-corrected chi connectivity index (χ1v) is 11.7. The molecule has 0 radical (unpaired) electrons. The van der Waals surface area contributed by atoms with E-state index in [1.54, 1.807) is 0 Å². The van der Waals surface area contributed by atoms with Gasteiger partial charge in [0.2, 0.25) is 4.77 Å². The molecule has 0 bridgehead atoms. The van der Waals surface area contributed by atoms with Gasteiger partial charge in [-0.1, -0.05) is 48.0 Å². The maximum Gasteiger partial charge on any atom is 0.204 e. The Bertz CT molecular complexity index is 1180. The van der Waals surface area contributed by atoms with Gasteiger partial charge in [-0.3, -0.25) is 9.47 Å². The van der Waals surface area contributed by atoms with Crippen molar-refractivity contribution in [1.82, 2.24) is 19.2 Å². The Morgan fingerprint density at radius 2 is 1.83 bits per heavy atom. The van der Waals surface area contributed by atoms with Crippen molar-refractivity contribution in [1.29, 1.82) is 0 Å². The number of thiophene rings is 1. The maximum atomic E-state index is 6.12. The highest BCUT2D eigenvalue weighted by Gasteiger charge is 2.28. The average molecular weight is 453 g/mol. The zero-order chi connectivity index (χ0) is 20.5. The summed E-state index contributed by atoms with van der Waals surface area (Å²) < 4.78 is 4.68. The molecule has 1 aliphatic rings. The third-order valence-electron chi connectivity index (χ3n) is 5.51. The quantitative estimate of drug-likeness (QED) is 0.320. The van der Waals surface area contributed by atoms with Gasteiger partial charge >= 0.3 is 0 Å². The minimum absolute atomic E-state index is 0.438. The Labute approximate surface area is 190 Å². The SMILES string of the molecule is S=c1n(CN2CCC[C@H]2c2cccs2)nc(-c2ccccc2)n1-c1ccc(Cl)cc1. The van der Waals surface area contributed by atoms with Crippen molar-refractivity contribution in [3.63, 3.8) is 0 Å². The van der Waals surface area contributed by atoms with Gasteiger partial charge < -0.3 is 0 Å². The molecule has 4 nitrogen and oxygen atoms in total. The molecule has 5 rings (SSSR count). The maximum absolute atomic E-state index is 6.12. The molecule has 2 aromatic carbocycles. The minimum atomic E-state index is 0.438. The van der Waals surface area contributed by atoms with Crippen molar-refractivity contribution < 1.29 is 0 Å². The van der Waals surface area contributed by atoms with E-state index in [4.69, 9.17) is 28.9 Å². The lowest BCUT2D eigenvalue weighted by Crippen LogP contribution is -2.26. The lowest BCUT2D eigenvalue weighted by molar-refractivity contribution is 0.192. The van der Waals surface area contributed by atoms with Gasteiger partial charge in [0, 0.05) is 28.0 Å². The van der Waals surface area contributed by atoms with Gasteiger partial charge in [-0.05, 0) is 60.8 Å². The second-order valence-electron chi connectivity index (χ2n) is 7.41. The molecule has 30 heavy (non-hydrogen) atoms. The van der Waals surface area contributed by atoms with Gasteiger partial charge in [0.05, 0.1) is 12.4 Å². The molecule has 3 heterocycles. The van der Waals surface area contributed by atoms with E-state index in [1.165, 1.54) is 17.7 Å². The molecular formula is C23H21ClN4S2. The number of nitrogens with zero attached hydrogens (tertiary/aromatic N) is 4. The van der Waals surface area contributed by atoms with Crippen LogP contribution in [0.3, 0.4) is 0 Å². The molecule has 0 aliphatic carbocycles. The minimum Gasteiger partial charge on any atom is -0.276 e. The average Bonchev–Trinajstić information content (AvgIpc) is 3.51. The van der Waals surface area contributed by atoms with Gasteiger partial charge in [0.15, 0.2) is 5.82 Å². The smallest absolute Gasteiger partial charge is 0.204 e. The Balaban J connectivity index is 1.56. The fourth-order valence-electron chi connectivity index (χ4n) is 4.07. The molecule has 7 heteroatoms. The third kappa shape index (κ3) is 3.76. The molecule has 1 saturated heterocycles. The molecule has 0 amide bonds. The van der Waals surface area contributed by atoms with Crippen LogP contribution >= 0.6 is 35.2 Å². The van der Waals surface area contributed by atoms with E-state index in [-0.39, 0.29) is 0 Å². The van der Waals surface area contributed by atoms with E-state index in [1.807, 2.05) is 63.1 Å². The largest absolute Gasteiger partial charge is 0.276 e. The first-order chi connectivity index (χ1) is 14.7. The van der Waals surface area contributed by atoms with E-state index < -0.39 is 0 Å². The van der Waals surface area contributed by atoms with Crippen LogP contribution in [0.1, 0.15) is 23.8 Å². The van der Waals surface area contributed by atoms with Crippen molar-refractivity contribution in [2.24, 2.45) is 0 Å². The number of likely N-dealkylation sites (tertiary alicyclic amines) is 1. The van der Waals surface area contributed by atoms with Crippen molar-refractivity contribution in [2.75, 3.05) is 6.54 Å². The van der Waals surface area contributed by atoms with Crippen molar-refractivity contribution in [2.45, 2.75) is 25.6 Å². The Morgan fingerprint density at radius 3 is 2.57 bits per heavy atom. The molecule has 0 saturated carbocycles. The summed E-state index contributed by atoms with van der Waals surface area (Å²) >= 11 is 13.9. The molecule has 0 N–H and O–H groups in total. The summed E-state index contributed by atoms with van der Waals surface area (Å²) in [6.45, 7) is 1.74. The Kier molecular flexibility index (Phi) is 5.56. The molecule has 4 aromatic rings. The van der Waals surface area contributed by atoms with E-state index in [0.717, 1.165) is 23.6 Å². The van der Waals surface area contributed by atoms with Crippen LogP contribution in [0, 0.1) is 4.77 Å². The normalized spacial score (nSPS) is 16.9. The molecular weight excluding hydrogens is 432 g/mol. The van der Waals surface area contributed by atoms with Crippen LogP contribution in [-0.4, -0.2) is 25.8 Å². The molecule has 1 atom stereocenters. The summed E-state index contributed by atoms with van der Waals surface area (Å²) in [7, 11) is 0. The second kappa shape index (κ2) is 8.47. The van der Waals surface area contributed by atoms with Gasteiger partial charge in [0.1, 0.15) is 0 Å². The standard InChI is InChI=1S/C23H21ClN4S2/c24-18-10-12-19(13-11-18)28-22(17-6-2-1-3-7-17)25-27(23(28)29)16-26-14-4-8-20(26)21-9-5-15-30-21/h1-3,5-7,9-13,15,20H,4,8,14,16H2/t20-/m0/s1. The summed E-state index contributed by atoms with van der Waals surface area (Å²) in [6, 6.07) is 22.7. The van der Waals surface area contributed by atoms with Gasteiger partial charge in [-0.2, -0.15) is 0 Å². The number of hydrogen-bond donors (Lipinski definition) is 0. The first-order valence-electron chi connectivity index (χ1n) is 9.99. The highest BCUT2D eigenvalue weighted by Crippen LogP contribution is 2.35. The monoisotopic (exact) mass is 452 g/mol. The predicted molar refractivity (Wildman–Crippen MR) is 126 cm³/mol. The van der Waals surface area contributed by atoms with Crippen LogP contribution < -0.4 is 0 Å². The topological polar surface area (TPSA) is 26.0 Å². The van der Waals surface area contributed by atoms with Gasteiger partial charge in [-0.25, -0.2) is 4.68 Å². The van der Waals surface area contributed by atoms with E-state index in [9.17, 15) is 0 Å². The van der Waals surface area contributed by atoms with Crippen molar-refractivity contribution >= 4 is 35.2 Å². The fraction of sp³-hybridized carbons (Fsp3) is 0.217. The number of benzene rings is 2. The number of aromatic nitrogens is 3. The summed E-state index contributed by atoms with van der Waals surface area (Å²) in [5, 5.41) is 7.82. The van der Waals surface area contributed by atoms with Crippen LogP contribution in [0.15, 0.2) is 72.1 Å². The van der Waals surface area contributed by atoms with Crippen LogP contribution in [0.2, 0.25) is 5.02 Å². The molecule has 0 unspecified atom stereocenters. The van der Waals surface area contributed by atoms with Crippen molar-refractivity contribution in [3.05, 3.63) is 86.8 Å². The Hall–Kier alpha value is -2.25. The summed E-state index contributed by atoms with van der Waals surface area (Å²) in [6.07, 6.45) is 2.37. The molecule has 0 spiro atoms. The lowest BCUT2D eigenvalue weighted by atomic mass is 10.2. The highest BCUT2D eigenvalue weighted by atomic mass is 35.5. The summed E-state index contributed by atoms with van der Waals surface area (Å²) in [4.78, 5) is 3.90.